The molecule has 0 aliphatic rings. The van der Waals surface area contributed by atoms with Gasteiger partial charge in [0, 0.05) is 6.42 Å². The van der Waals surface area contributed by atoms with Crippen molar-refractivity contribution in [3.05, 3.63) is 102 Å². The second-order valence-corrected chi connectivity index (χ2v) is 6.13. The molecule has 3 nitrogen and oxygen atoms in total. The molecular formula is C22H23NO2. The number of hydrogen-bond acceptors (Lipinski definition) is 3. The Morgan fingerprint density at radius 1 is 0.760 bits per heavy atom. The molecule has 0 aliphatic carbocycles. The Labute approximate surface area is 148 Å². The van der Waals surface area contributed by atoms with E-state index in [-0.39, 0.29) is 0 Å². The molecule has 0 saturated heterocycles. The van der Waals surface area contributed by atoms with Crippen molar-refractivity contribution in [2.45, 2.75) is 25.2 Å². The van der Waals surface area contributed by atoms with Gasteiger partial charge >= 0.3 is 0 Å². The first-order valence-electron chi connectivity index (χ1n) is 8.46. The highest BCUT2D eigenvalue weighted by Gasteiger charge is 2.17. The van der Waals surface area contributed by atoms with Gasteiger partial charge in [-0.25, -0.2) is 0 Å². The standard InChI is InChI=1S/C22H23NO2/c23-22(21(24)15-17-7-3-1-4-8-17)19-11-13-20(14-12-19)25-16-18-9-5-2-6-10-18/h1-14,21-22,24H,15-16,23H2/t21-,22+/m1/s1. The van der Waals surface area contributed by atoms with Gasteiger partial charge in [0.1, 0.15) is 12.4 Å². The van der Waals surface area contributed by atoms with Crippen LogP contribution < -0.4 is 10.5 Å². The normalized spacial score (nSPS) is 13.2. The van der Waals surface area contributed by atoms with Gasteiger partial charge in [0.15, 0.2) is 0 Å². The number of ether oxygens (including phenoxy) is 1. The van der Waals surface area contributed by atoms with Gasteiger partial charge in [-0.15, -0.1) is 0 Å². The van der Waals surface area contributed by atoms with E-state index in [0.29, 0.717) is 13.0 Å². The van der Waals surface area contributed by atoms with Crippen molar-refractivity contribution in [2.75, 3.05) is 0 Å². The number of benzene rings is 3. The van der Waals surface area contributed by atoms with Crippen molar-refractivity contribution in [3.8, 4) is 5.75 Å². The van der Waals surface area contributed by atoms with Gasteiger partial charge in [-0.3, -0.25) is 0 Å². The van der Waals surface area contributed by atoms with Crippen LogP contribution in [0.5, 0.6) is 5.75 Å². The predicted octanol–water partition coefficient (Wildman–Crippen LogP) is 3.87. The van der Waals surface area contributed by atoms with Crippen molar-refractivity contribution in [3.63, 3.8) is 0 Å². The molecule has 3 aromatic carbocycles. The maximum atomic E-state index is 10.4. The molecule has 2 atom stereocenters. The highest BCUT2D eigenvalue weighted by Crippen LogP contribution is 2.21. The van der Waals surface area contributed by atoms with Gasteiger partial charge in [0.25, 0.3) is 0 Å². The SMILES string of the molecule is N[C@@H](c1ccc(OCc2ccccc2)cc1)[C@H](O)Cc1ccccc1. The van der Waals surface area contributed by atoms with Crippen LogP contribution in [0.2, 0.25) is 0 Å². The lowest BCUT2D eigenvalue weighted by molar-refractivity contribution is 0.145. The highest BCUT2D eigenvalue weighted by molar-refractivity contribution is 5.30. The number of aliphatic hydroxyl groups is 1. The Bertz CT molecular complexity index is 757. The molecule has 0 spiro atoms. The topological polar surface area (TPSA) is 55.5 Å². The number of rotatable bonds is 7. The first-order valence-corrected chi connectivity index (χ1v) is 8.46. The maximum Gasteiger partial charge on any atom is 0.119 e. The second-order valence-electron chi connectivity index (χ2n) is 6.13. The van der Waals surface area contributed by atoms with Crippen LogP contribution in [0.3, 0.4) is 0 Å². The van der Waals surface area contributed by atoms with E-state index in [2.05, 4.69) is 0 Å². The molecule has 3 aromatic rings. The Morgan fingerprint density at radius 2 is 1.32 bits per heavy atom. The van der Waals surface area contributed by atoms with Gasteiger partial charge in [-0.05, 0) is 28.8 Å². The van der Waals surface area contributed by atoms with Gasteiger partial charge in [-0.2, -0.15) is 0 Å². The summed E-state index contributed by atoms with van der Waals surface area (Å²) in [5, 5.41) is 10.4. The zero-order valence-corrected chi connectivity index (χ0v) is 14.1. The average Bonchev–Trinajstić information content (AvgIpc) is 2.68. The summed E-state index contributed by atoms with van der Waals surface area (Å²) in [5.74, 6) is 0.789. The fourth-order valence-electron chi connectivity index (χ4n) is 2.73. The van der Waals surface area contributed by atoms with Crippen LogP contribution in [0.4, 0.5) is 0 Å². The van der Waals surface area contributed by atoms with Crippen LogP contribution >= 0.6 is 0 Å². The molecule has 0 saturated carbocycles. The van der Waals surface area contributed by atoms with E-state index in [9.17, 15) is 5.11 Å². The molecule has 0 heterocycles. The molecule has 0 amide bonds. The monoisotopic (exact) mass is 333 g/mol. The van der Waals surface area contributed by atoms with Gasteiger partial charge in [-0.1, -0.05) is 72.8 Å². The number of nitrogens with two attached hydrogens (primary N) is 1. The van der Waals surface area contributed by atoms with Crippen LogP contribution in [0.25, 0.3) is 0 Å². The Hall–Kier alpha value is -2.62. The number of hydrogen-bond donors (Lipinski definition) is 2. The summed E-state index contributed by atoms with van der Waals surface area (Å²) in [5.41, 5.74) is 9.31. The van der Waals surface area contributed by atoms with Gasteiger partial charge in [0.05, 0.1) is 12.1 Å². The third-order valence-electron chi connectivity index (χ3n) is 4.22. The van der Waals surface area contributed by atoms with Crippen molar-refractivity contribution in [1.82, 2.24) is 0 Å². The average molecular weight is 333 g/mol. The zero-order valence-electron chi connectivity index (χ0n) is 14.1. The summed E-state index contributed by atoms with van der Waals surface area (Å²) in [6.45, 7) is 0.531. The first-order chi connectivity index (χ1) is 12.2. The van der Waals surface area contributed by atoms with Crippen LogP contribution in [0.1, 0.15) is 22.7 Å². The van der Waals surface area contributed by atoms with E-state index in [1.807, 2.05) is 84.9 Å². The smallest absolute Gasteiger partial charge is 0.119 e. The predicted molar refractivity (Wildman–Crippen MR) is 100 cm³/mol. The highest BCUT2D eigenvalue weighted by atomic mass is 16.5. The fraction of sp³-hybridized carbons (Fsp3) is 0.182. The Balaban J connectivity index is 1.57. The molecule has 0 fully saturated rings. The van der Waals surface area contributed by atoms with Crippen molar-refractivity contribution in [1.29, 1.82) is 0 Å². The van der Waals surface area contributed by atoms with E-state index in [1.165, 1.54) is 0 Å². The van der Waals surface area contributed by atoms with Crippen LogP contribution in [0, 0.1) is 0 Å². The van der Waals surface area contributed by atoms with Gasteiger partial charge < -0.3 is 15.6 Å². The summed E-state index contributed by atoms with van der Waals surface area (Å²) >= 11 is 0. The van der Waals surface area contributed by atoms with Crippen molar-refractivity contribution < 1.29 is 9.84 Å². The van der Waals surface area contributed by atoms with Crippen molar-refractivity contribution >= 4 is 0 Å². The molecule has 0 bridgehead atoms. The molecule has 3 N–H and O–H groups in total. The Kier molecular flexibility index (Phi) is 5.83. The van der Waals surface area contributed by atoms with E-state index < -0.39 is 12.1 Å². The largest absolute Gasteiger partial charge is 0.489 e. The molecule has 0 radical (unpaired) electrons. The summed E-state index contributed by atoms with van der Waals surface area (Å²) in [4.78, 5) is 0. The Morgan fingerprint density at radius 3 is 1.92 bits per heavy atom. The molecule has 25 heavy (non-hydrogen) atoms. The molecule has 3 heteroatoms. The quantitative estimate of drug-likeness (QED) is 0.690. The molecular weight excluding hydrogens is 310 g/mol. The molecule has 0 aliphatic heterocycles. The van der Waals surface area contributed by atoms with Crippen LogP contribution in [-0.4, -0.2) is 11.2 Å². The molecule has 128 valence electrons. The molecule has 3 rings (SSSR count). The second kappa shape index (κ2) is 8.47. The minimum Gasteiger partial charge on any atom is -0.489 e. The third-order valence-corrected chi connectivity index (χ3v) is 4.22. The van der Waals surface area contributed by atoms with E-state index in [4.69, 9.17) is 10.5 Å². The lowest BCUT2D eigenvalue weighted by Gasteiger charge is -2.19. The lowest BCUT2D eigenvalue weighted by Crippen LogP contribution is -2.28. The molecule has 0 aromatic heterocycles. The van der Waals surface area contributed by atoms with Gasteiger partial charge in [0.2, 0.25) is 0 Å². The fourth-order valence-corrected chi connectivity index (χ4v) is 2.73. The van der Waals surface area contributed by atoms with Crippen molar-refractivity contribution in [2.24, 2.45) is 5.73 Å². The van der Waals surface area contributed by atoms with E-state index in [0.717, 1.165) is 22.4 Å². The zero-order chi connectivity index (χ0) is 17.5. The summed E-state index contributed by atoms with van der Waals surface area (Å²) in [6, 6.07) is 27.1. The minimum atomic E-state index is -0.626. The maximum absolute atomic E-state index is 10.4. The van der Waals surface area contributed by atoms with E-state index in [1.54, 1.807) is 0 Å². The third kappa shape index (κ3) is 4.92. The summed E-state index contributed by atoms with van der Waals surface area (Å²) < 4.78 is 5.78. The van der Waals surface area contributed by atoms with Crippen LogP contribution in [0.15, 0.2) is 84.9 Å². The van der Waals surface area contributed by atoms with E-state index >= 15 is 0 Å². The lowest BCUT2D eigenvalue weighted by atomic mass is 9.97. The molecule has 0 unspecified atom stereocenters. The number of aliphatic hydroxyl groups excluding tert-OH is 1. The summed E-state index contributed by atoms with van der Waals surface area (Å²) in [6.07, 6.45) is -0.0904. The summed E-state index contributed by atoms with van der Waals surface area (Å²) in [7, 11) is 0. The van der Waals surface area contributed by atoms with Crippen LogP contribution in [-0.2, 0) is 13.0 Å². The minimum absolute atomic E-state index is 0.427. The first kappa shape index (κ1) is 17.2.